The first-order chi connectivity index (χ1) is 15.0. The maximum absolute atomic E-state index is 13.0. The van der Waals surface area contributed by atoms with Crippen molar-refractivity contribution in [2.45, 2.75) is 48.8 Å². The molecule has 2 aromatic rings. The number of carbonyl (C=O) groups excluding carboxylic acids is 3. The lowest BCUT2D eigenvalue weighted by Gasteiger charge is -2.33. The summed E-state index contributed by atoms with van der Waals surface area (Å²) in [5.74, 6) is 0.683. The lowest BCUT2D eigenvalue weighted by Crippen LogP contribution is -2.49. The zero-order chi connectivity index (χ0) is 21.8. The van der Waals surface area contributed by atoms with E-state index in [0.717, 1.165) is 28.4 Å². The Kier molecular flexibility index (Phi) is 6.32. The molecular weight excluding hydrogens is 410 g/mol. The molecular formula is C24H27N3O3S. The lowest BCUT2D eigenvalue weighted by atomic mass is 9.77. The van der Waals surface area contributed by atoms with Gasteiger partial charge < -0.3 is 10.6 Å². The fourth-order valence-electron chi connectivity index (χ4n) is 4.18. The molecule has 0 unspecified atom stereocenters. The van der Waals surface area contributed by atoms with Gasteiger partial charge in [0, 0.05) is 10.6 Å². The van der Waals surface area contributed by atoms with Crippen molar-refractivity contribution >= 4 is 35.3 Å². The fraction of sp³-hybridized carbons (Fsp3) is 0.375. The van der Waals surface area contributed by atoms with Crippen LogP contribution in [0.3, 0.4) is 0 Å². The van der Waals surface area contributed by atoms with Gasteiger partial charge in [-0.15, -0.1) is 11.8 Å². The molecule has 4 rings (SSSR count). The minimum absolute atomic E-state index is 0.272. The second kappa shape index (κ2) is 9.14. The summed E-state index contributed by atoms with van der Waals surface area (Å²) in [6.07, 6.45) is 3.07. The number of benzene rings is 2. The number of nitrogens with one attached hydrogen (secondary N) is 2. The molecule has 1 aliphatic carbocycles. The number of anilines is 1. The fourth-order valence-corrected chi connectivity index (χ4v) is 5.14. The zero-order valence-electron chi connectivity index (χ0n) is 17.6. The smallest absolute Gasteiger partial charge is 0.324 e. The van der Waals surface area contributed by atoms with Gasteiger partial charge in [0.25, 0.3) is 5.91 Å². The lowest BCUT2D eigenvalue weighted by molar-refractivity contribution is -0.135. The molecule has 0 bridgehead atoms. The quantitative estimate of drug-likeness (QED) is 0.518. The van der Waals surface area contributed by atoms with Crippen molar-refractivity contribution in [2.24, 2.45) is 5.92 Å². The van der Waals surface area contributed by atoms with Gasteiger partial charge >= 0.3 is 6.03 Å². The minimum Gasteiger partial charge on any atom is -0.324 e. The molecule has 1 saturated heterocycles. The van der Waals surface area contributed by atoms with Crippen molar-refractivity contribution in [3.8, 4) is 0 Å². The average Bonchev–Trinajstić information content (AvgIpc) is 3.00. The third-order valence-electron chi connectivity index (χ3n) is 6.07. The van der Waals surface area contributed by atoms with Crippen molar-refractivity contribution in [3.05, 3.63) is 60.2 Å². The Morgan fingerprint density at radius 1 is 1.10 bits per heavy atom. The third kappa shape index (κ3) is 4.77. The molecule has 2 aromatic carbocycles. The Balaban J connectivity index is 1.39. The van der Waals surface area contributed by atoms with E-state index in [1.165, 1.54) is 5.56 Å². The van der Waals surface area contributed by atoms with Crippen LogP contribution in [0.4, 0.5) is 10.5 Å². The first-order valence-electron chi connectivity index (χ1n) is 10.7. The van der Waals surface area contributed by atoms with Crippen molar-refractivity contribution < 1.29 is 14.4 Å². The Morgan fingerprint density at radius 2 is 1.77 bits per heavy atom. The van der Waals surface area contributed by atoms with Gasteiger partial charge in [0.2, 0.25) is 5.91 Å². The molecule has 31 heavy (non-hydrogen) atoms. The normalized spacial score (nSPS) is 23.1. The topological polar surface area (TPSA) is 78.5 Å². The van der Waals surface area contributed by atoms with Crippen molar-refractivity contribution in [2.75, 3.05) is 11.9 Å². The van der Waals surface area contributed by atoms with E-state index in [0.29, 0.717) is 24.4 Å². The maximum atomic E-state index is 13.0. The number of hydrogen-bond donors (Lipinski definition) is 2. The molecule has 0 atom stereocenters. The second-order valence-electron chi connectivity index (χ2n) is 8.40. The Labute approximate surface area is 186 Å². The maximum Gasteiger partial charge on any atom is 0.325 e. The summed E-state index contributed by atoms with van der Waals surface area (Å²) < 4.78 is 0. The van der Waals surface area contributed by atoms with Crippen LogP contribution in [0, 0.1) is 5.92 Å². The van der Waals surface area contributed by atoms with E-state index >= 15 is 0 Å². The van der Waals surface area contributed by atoms with Gasteiger partial charge in [-0.1, -0.05) is 49.4 Å². The molecule has 2 fully saturated rings. The van der Waals surface area contributed by atoms with Gasteiger partial charge in [0.05, 0.1) is 5.69 Å². The molecule has 162 valence electrons. The molecule has 1 spiro atoms. The van der Waals surface area contributed by atoms with E-state index in [1.54, 1.807) is 11.8 Å². The number of nitrogens with zero attached hydrogens (tertiary/aromatic N) is 1. The van der Waals surface area contributed by atoms with Crippen molar-refractivity contribution in [1.82, 2.24) is 10.2 Å². The van der Waals surface area contributed by atoms with E-state index in [2.05, 4.69) is 29.7 Å². The summed E-state index contributed by atoms with van der Waals surface area (Å²) >= 11 is 1.63. The number of urea groups is 1. The summed E-state index contributed by atoms with van der Waals surface area (Å²) in [4.78, 5) is 40.2. The van der Waals surface area contributed by atoms with Crippen LogP contribution in [0.15, 0.2) is 59.5 Å². The van der Waals surface area contributed by atoms with Crippen LogP contribution >= 0.6 is 11.8 Å². The second-order valence-corrected chi connectivity index (χ2v) is 9.42. The molecule has 2 N–H and O–H groups in total. The molecule has 7 heteroatoms. The highest BCUT2D eigenvalue weighted by Gasteiger charge is 2.52. The van der Waals surface area contributed by atoms with E-state index in [-0.39, 0.29) is 18.4 Å². The minimum atomic E-state index is -0.826. The van der Waals surface area contributed by atoms with Crippen LogP contribution in [0.1, 0.15) is 38.2 Å². The first kappa shape index (κ1) is 21.4. The Hall–Kier alpha value is -2.80. The van der Waals surface area contributed by atoms with Gasteiger partial charge in [0.1, 0.15) is 12.1 Å². The van der Waals surface area contributed by atoms with E-state index in [9.17, 15) is 14.4 Å². The standard InChI is InChI=1S/C24H27N3O3S/c1-17-11-13-24(14-12-17)22(29)27(23(30)26-24)15-21(28)25-19-9-5-6-10-20(19)31-16-18-7-3-2-4-8-18/h2-10,17H,11-16H2,1H3,(H,25,28)(H,26,30). The number of rotatable bonds is 6. The highest BCUT2D eigenvalue weighted by molar-refractivity contribution is 7.98. The van der Waals surface area contributed by atoms with E-state index in [4.69, 9.17) is 0 Å². The Morgan fingerprint density at radius 3 is 2.52 bits per heavy atom. The first-order valence-corrected chi connectivity index (χ1v) is 11.7. The molecule has 0 radical (unpaired) electrons. The molecule has 4 amide bonds. The third-order valence-corrected chi connectivity index (χ3v) is 7.22. The molecule has 6 nitrogen and oxygen atoms in total. The number of imide groups is 1. The monoisotopic (exact) mass is 437 g/mol. The van der Waals surface area contributed by atoms with Crippen LogP contribution in [0.25, 0.3) is 0 Å². The van der Waals surface area contributed by atoms with Gasteiger partial charge in [-0.25, -0.2) is 4.79 Å². The van der Waals surface area contributed by atoms with Gasteiger partial charge in [0.15, 0.2) is 0 Å². The van der Waals surface area contributed by atoms with Crippen molar-refractivity contribution in [3.63, 3.8) is 0 Å². The number of para-hydroxylation sites is 1. The summed E-state index contributed by atoms with van der Waals surface area (Å²) in [5.41, 5.74) is 1.05. The van der Waals surface area contributed by atoms with Crippen molar-refractivity contribution in [1.29, 1.82) is 0 Å². The number of carbonyl (C=O) groups is 3. The number of hydrogen-bond acceptors (Lipinski definition) is 4. The van der Waals surface area contributed by atoms with Gasteiger partial charge in [-0.2, -0.15) is 0 Å². The van der Waals surface area contributed by atoms with Crippen LogP contribution in [0.5, 0.6) is 0 Å². The highest BCUT2D eigenvalue weighted by atomic mass is 32.2. The summed E-state index contributed by atoms with van der Waals surface area (Å²) in [7, 11) is 0. The largest absolute Gasteiger partial charge is 0.325 e. The molecule has 1 saturated carbocycles. The number of thioether (sulfide) groups is 1. The van der Waals surface area contributed by atoms with E-state index in [1.807, 2.05) is 42.5 Å². The summed E-state index contributed by atoms with van der Waals surface area (Å²) in [6.45, 7) is 1.88. The predicted molar refractivity (Wildman–Crippen MR) is 122 cm³/mol. The molecule has 0 aromatic heterocycles. The molecule has 1 aliphatic heterocycles. The summed E-state index contributed by atoms with van der Waals surface area (Å²) in [6, 6.07) is 17.2. The van der Waals surface area contributed by atoms with Gasteiger partial charge in [-0.3, -0.25) is 14.5 Å². The Bertz CT molecular complexity index is 971. The predicted octanol–water partition coefficient (Wildman–Crippen LogP) is 4.42. The van der Waals surface area contributed by atoms with Gasteiger partial charge in [-0.05, 0) is 49.3 Å². The highest BCUT2D eigenvalue weighted by Crippen LogP contribution is 2.36. The summed E-state index contributed by atoms with van der Waals surface area (Å²) in [5, 5.41) is 5.74. The van der Waals surface area contributed by atoms with Crippen LogP contribution in [-0.2, 0) is 15.3 Å². The SMILES string of the molecule is CC1CCC2(CC1)NC(=O)N(CC(=O)Nc1ccccc1SCc1ccccc1)C2=O. The average molecular weight is 438 g/mol. The molecule has 2 aliphatic rings. The van der Waals surface area contributed by atoms with E-state index < -0.39 is 11.6 Å². The molecule has 1 heterocycles. The van der Waals surface area contributed by atoms with Crippen LogP contribution < -0.4 is 10.6 Å². The van der Waals surface area contributed by atoms with Crippen LogP contribution in [-0.4, -0.2) is 34.8 Å². The number of amides is 4. The zero-order valence-corrected chi connectivity index (χ0v) is 18.4. The van der Waals surface area contributed by atoms with Crippen LogP contribution in [0.2, 0.25) is 0 Å².